The second-order valence-electron chi connectivity index (χ2n) is 7.29. The van der Waals surface area contributed by atoms with Gasteiger partial charge in [-0.05, 0) is 12.8 Å². The Bertz CT molecular complexity index is 389. The molecule has 4 heteroatoms. The molecule has 0 aromatic carbocycles. The van der Waals surface area contributed by atoms with Crippen molar-refractivity contribution in [1.82, 2.24) is 0 Å². The predicted molar refractivity (Wildman–Crippen MR) is 102 cm³/mol. The third-order valence-electron chi connectivity index (χ3n) is 5.06. The molecule has 0 spiro atoms. The van der Waals surface area contributed by atoms with Gasteiger partial charge in [-0.25, -0.2) is 4.79 Å². The quantitative estimate of drug-likeness (QED) is 0.280. The fourth-order valence-corrected chi connectivity index (χ4v) is 3.41. The number of carbonyl (C=O) groups excluding carboxylic acids is 1. The second-order valence-corrected chi connectivity index (χ2v) is 7.29. The molecule has 2 N–H and O–H groups in total. The molecule has 0 bridgehead atoms. The van der Waals surface area contributed by atoms with Crippen LogP contribution in [0, 0.1) is 0 Å². The van der Waals surface area contributed by atoms with E-state index in [1.54, 1.807) is 0 Å². The molecule has 1 aliphatic rings. The molecule has 1 rings (SSSR count). The molecule has 0 aromatic rings. The Balaban J connectivity index is 1.88. The Morgan fingerprint density at radius 2 is 1.24 bits per heavy atom. The van der Waals surface area contributed by atoms with E-state index in [0.717, 1.165) is 12.8 Å². The van der Waals surface area contributed by atoms with Gasteiger partial charge in [0.2, 0.25) is 0 Å². The van der Waals surface area contributed by atoms with Crippen LogP contribution in [0.4, 0.5) is 0 Å². The Kier molecular flexibility index (Phi) is 12.5. The van der Waals surface area contributed by atoms with Gasteiger partial charge in [-0.15, -0.1) is 0 Å². The van der Waals surface area contributed by atoms with Gasteiger partial charge >= 0.3 is 5.97 Å². The van der Waals surface area contributed by atoms with E-state index in [9.17, 15) is 9.90 Å². The summed E-state index contributed by atoms with van der Waals surface area (Å²) in [5.74, 6) is -0.534. The van der Waals surface area contributed by atoms with Crippen molar-refractivity contribution in [3.05, 3.63) is 11.3 Å². The highest BCUT2D eigenvalue weighted by Crippen LogP contribution is 2.25. The Labute approximate surface area is 153 Å². The molecule has 1 unspecified atom stereocenters. The summed E-state index contributed by atoms with van der Waals surface area (Å²) in [6.45, 7) is 1.91. The van der Waals surface area contributed by atoms with Crippen LogP contribution < -0.4 is 0 Å². The molecule has 4 nitrogen and oxygen atoms in total. The first-order valence-electron chi connectivity index (χ1n) is 10.4. The molecule has 0 radical (unpaired) electrons. The monoisotopic (exact) mass is 354 g/mol. The van der Waals surface area contributed by atoms with Crippen LogP contribution in [-0.4, -0.2) is 28.9 Å². The summed E-state index contributed by atoms with van der Waals surface area (Å²) in [6, 6.07) is 0. The van der Waals surface area contributed by atoms with Gasteiger partial charge in [-0.1, -0.05) is 90.4 Å². The minimum atomic E-state index is -0.839. The van der Waals surface area contributed by atoms with Gasteiger partial charge in [0.25, 0.3) is 0 Å². The average Bonchev–Trinajstić information content (AvgIpc) is 2.89. The largest absolute Gasteiger partial charge is 0.508 e. The van der Waals surface area contributed by atoms with Crippen molar-refractivity contribution in [2.24, 2.45) is 0 Å². The van der Waals surface area contributed by atoms with Crippen LogP contribution in [0.1, 0.15) is 103 Å². The zero-order valence-corrected chi connectivity index (χ0v) is 16.1. The third kappa shape index (κ3) is 9.29. The zero-order chi connectivity index (χ0) is 18.3. The molecule has 1 aliphatic heterocycles. The highest BCUT2D eigenvalue weighted by Gasteiger charge is 2.32. The predicted octanol–water partition coefficient (Wildman–Crippen LogP) is 5.59. The summed E-state index contributed by atoms with van der Waals surface area (Å²) in [5.41, 5.74) is 0.359. The van der Waals surface area contributed by atoms with Crippen LogP contribution in [0.3, 0.4) is 0 Å². The number of cyclic esters (lactones) is 1. The molecule has 0 saturated heterocycles. The number of hydrogen-bond acceptors (Lipinski definition) is 4. The van der Waals surface area contributed by atoms with Gasteiger partial charge in [-0.3, -0.25) is 0 Å². The van der Waals surface area contributed by atoms with E-state index in [-0.39, 0.29) is 12.4 Å². The first-order chi connectivity index (χ1) is 12.2. The number of esters is 1. The number of aliphatic hydroxyl groups is 2. The number of aliphatic hydroxyl groups excluding tert-OH is 2. The molecule has 0 aromatic heterocycles. The van der Waals surface area contributed by atoms with Crippen LogP contribution in [-0.2, 0) is 9.53 Å². The van der Waals surface area contributed by atoms with Gasteiger partial charge < -0.3 is 14.9 Å². The number of hydrogen-bond donors (Lipinski definition) is 2. The van der Waals surface area contributed by atoms with Gasteiger partial charge in [0.05, 0.1) is 12.2 Å². The van der Waals surface area contributed by atoms with E-state index in [4.69, 9.17) is 9.84 Å². The highest BCUT2D eigenvalue weighted by molar-refractivity contribution is 5.91. The van der Waals surface area contributed by atoms with Gasteiger partial charge in [0.15, 0.2) is 6.10 Å². The fourth-order valence-electron chi connectivity index (χ4n) is 3.41. The topological polar surface area (TPSA) is 66.8 Å². The SMILES string of the molecule is CCCCCCCCCCCCCCCCC1=C(O)C(CO)OC1=O. The standard InChI is InChI=1S/C21H38O4/c1-2-3-4-5-6-7-8-9-10-11-12-13-14-15-16-18-20(23)19(17-22)25-21(18)24/h19,22-23H,2-17H2,1H3. The molecule has 0 aliphatic carbocycles. The lowest BCUT2D eigenvalue weighted by Crippen LogP contribution is -2.15. The summed E-state index contributed by atoms with van der Waals surface area (Å²) in [7, 11) is 0. The van der Waals surface area contributed by atoms with Crippen molar-refractivity contribution in [3.63, 3.8) is 0 Å². The molecule has 1 heterocycles. The molecular weight excluding hydrogens is 316 g/mol. The van der Waals surface area contributed by atoms with E-state index in [1.807, 2.05) is 0 Å². The van der Waals surface area contributed by atoms with Crippen molar-refractivity contribution in [2.75, 3.05) is 6.61 Å². The van der Waals surface area contributed by atoms with E-state index in [2.05, 4.69) is 6.92 Å². The second kappa shape index (κ2) is 14.2. The van der Waals surface area contributed by atoms with E-state index in [0.29, 0.717) is 12.0 Å². The number of unbranched alkanes of at least 4 members (excludes halogenated alkanes) is 13. The lowest BCUT2D eigenvalue weighted by molar-refractivity contribution is -0.141. The smallest absolute Gasteiger partial charge is 0.338 e. The minimum Gasteiger partial charge on any atom is -0.508 e. The lowest BCUT2D eigenvalue weighted by atomic mass is 10.0. The van der Waals surface area contributed by atoms with Crippen molar-refractivity contribution >= 4 is 5.97 Å². The van der Waals surface area contributed by atoms with Crippen molar-refractivity contribution in [1.29, 1.82) is 0 Å². The number of ether oxygens (including phenoxy) is 1. The fraction of sp³-hybridized carbons (Fsp3) is 0.857. The van der Waals surface area contributed by atoms with Gasteiger partial charge in [-0.2, -0.15) is 0 Å². The van der Waals surface area contributed by atoms with E-state index in [1.165, 1.54) is 77.0 Å². The summed E-state index contributed by atoms with van der Waals surface area (Å²) in [6.07, 6.45) is 17.8. The van der Waals surface area contributed by atoms with Gasteiger partial charge in [0.1, 0.15) is 5.76 Å². The average molecular weight is 355 g/mol. The third-order valence-corrected chi connectivity index (χ3v) is 5.06. The Hall–Kier alpha value is -1.03. The molecular formula is C21H38O4. The minimum absolute atomic E-state index is 0.0674. The highest BCUT2D eigenvalue weighted by atomic mass is 16.6. The maximum absolute atomic E-state index is 11.6. The maximum Gasteiger partial charge on any atom is 0.338 e. The van der Waals surface area contributed by atoms with Crippen molar-refractivity contribution < 1.29 is 19.7 Å². The molecule has 0 fully saturated rings. The van der Waals surface area contributed by atoms with Crippen LogP contribution in [0.25, 0.3) is 0 Å². The van der Waals surface area contributed by atoms with Crippen LogP contribution in [0.5, 0.6) is 0 Å². The zero-order valence-electron chi connectivity index (χ0n) is 16.1. The molecule has 0 amide bonds. The van der Waals surface area contributed by atoms with Crippen molar-refractivity contribution in [3.8, 4) is 0 Å². The summed E-state index contributed by atoms with van der Waals surface area (Å²) >= 11 is 0. The number of carbonyl (C=O) groups is 1. The summed E-state index contributed by atoms with van der Waals surface area (Å²) in [5, 5.41) is 18.8. The van der Waals surface area contributed by atoms with E-state index >= 15 is 0 Å². The first kappa shape index (κ1) is 22.0. The Morgan fingerprint density at radius 1 is 0.800 bits per heavy atom. The number of rotatable bonds is 16. The van der Waals surface area contributed by atoms with Crippen LogP contribution >= 0.6 is 0 Å². The summed E-state index contributed by atoms with van der Waals surface area (Å²) in [4.78, 5) is 11.6. The molecule has 0 saturated carbocycles. The lowest BCUT2D eigenvalue weighted by Gasteiger charge is -2.04. The normalized spacial score (nSPS) is 17.4. The molecule has 25 heavy (non-hydrogen) atoms. The van der Waals surface area contributed by atoms with Crippen molar-refractivity contribution in [2.45, 2.75) is 109 Å². The maximum atomic E-state index is 11.6. The molecule has 146 valence electrons. The van der Waals surface area contributed by atoms with Gasteiger partial charge in [0, 0.05) is 0 Å². The molecule has 1 atom stereocenters. The van der Waals surface area contributed by atoms with Crippen LogP contribution in [0.15, 0.2) is 11.3 Å². The first-order valence-corrected chi connectivity index (χ1v) is 10.4. The van der Waals surface area contributed by atoms with E-state index < -0.39 is 12.1 Å². The Morgan fingerprint density at radius 3 is 1.64 bits per heavy atom. The summed E-state index contributed by atoms with van der Waals surface area (Å²) < 4.78 is 4.89. The van der Waals surface area contributed by atoms with Crippen LogP contribution in [0.2, 0.25) is 0 Å².